The first kappa shape index (κ1) is 11.7. The summed E-state index contributed by atoms with van der Waals surface area (Å²) in [6.07, 6.45) is 3.50. The number of nitrogens with zero attached hydrogens (tertiary/aromatic N) is 2. The van der Waals surface area contributed by atoms with Crippen LogP contribution in [0.15, 0.2) is 41.6 Å². The molecule has 1 heterocycles. The highest BCUT2D eigenvalue weighted by atomic mass is 32.2. The predicted molar refractivity (Wildman–Crippen MR) is 71.3 cm³/mol. The summed E-state index contributed by atoms with van der Waals surface area (Å²) in [6.45, 7) is 0. The lowest BCUT2D eigenvalue weighted by molar-refractivity contribution is 1.14. The van der Waals surface area contributed by atoms with E-state index < -0.39 is 0 Å². The van der Waals surface area contributed by atoms with Gasteiger partial charge in [0.05, 0.1) is 0 Å². The van der Waals surface area contributed by atoms with Crippen LogP contribution in [0.2, 0.25) is 0 Å². The lowest BCUT2D eigenvalue weighted by atomic mass is 10.3. The van der Waals surface area contributed by atoms with E-state index in [-0.39, 0.29) is 0 Å². The summed E-state index contributed by atoms with van der Waals surface area (Å²) in [6, 6.07) is 9.85. The number of thioether (sulfide) groups is 1. The minimum absolute atomic E-state index is 0.572. The number of hydrogen-bond donors (Lipinski definition) is 3. The highest BCUT2D eigenvalue weighted by molar-refractivity contribution is 7.98. The molecule has 1 aromatic carbocycles. The Balaban J connectivity index is 2.13. The summed E-state index contributed by atoms with van der Waals surface area (Å²) in [4.78, 5) is 9.26. The number of hydrogen-bond acceptors (Lipinski definition) is 6. The van der Waals surface area contributed by atoms with Crippen LogP contribution in [0.1, 0.15) is 0 Å². The molecule has 0 atom stereocenters. The number of aromatic nitrogens is 2. The van der Waals surface area contributed by atoms with Gasteiger partial charge in [-0.2, -0.15) is 0 Å². The molecule has 6 heteroatoms. The lowest BCUT2D eigenvalue weighted by Crippen LogP contribution is -2.09. The third-order valence-corrected chi connectivity index (χ3v) is 2.92. The van der Waals surface area contributed by atoms with Gasteiger partial charge >= 0.3 is 0 Å². The van der Waals surface area contributed by atoms with Crippen molar-refractivity contribution in [2.45, 2.75) is 4.90 Å². The normalized spacial score (nSPS) is 10.0. The number of nitrogen functional groups attached to an aromatic ring is 1. The zero-order chi connectivity index (χ0) is 12.1. The Labute approximate surface area is 104 Å². The Hall–Kier alpha value is -1.79. The number of rotatable bonds is 4. The zero-order valence-electron chi connectivity index (χ0n) is 9.34. The zero-order valence-corrected chi connectivity index (χ0v) is 10.2. The maximum atomic E-state index is 5.28. The van der Waals surface area contributed by atoms with Gasteiger partial charge in [-0.05, 0) is 30.5 Å². The minimum atomic E-state index is 0.572. The van der Waals surface area contributed by atoms with E-state index in [0.717, 1.165) is 5.69 Å². The monoisotopic (exact) mass is 247 g/mol. The van der Waals surface area contributed by atoms with E-state index in [1.54, 1.807) is 17.8 Å². The number of nitrogens with two attached hydrogens (primary N) is 1. The maximum absolute atomic E-state index is 5.28. The molecule has 0 spiro atoms. The van der Waals surface area contributed by atoms with Crippen LogP contribution in [-0.4, -0.2) is 16.2 Å². The van der Waals surface area contributed by atoms with Crippen LogP contribution in [0.3, 0.4) is 0 Å². The van der Waals surface area contributed by atoms with Crippen molar-refractivity contribution < 1.29 is 0 Å². The third kappa shape index (κ3) is 3.08. The molecule has 0 aliphatic heterocycles. The Morgan fingerprint density at radius 2 is 1.82 bits per heavy atom. The number of nitrogens with one attached hydrogen (secondary N) is 2. The van der Waals surface area contributed by atoms with Crippen LogP contribution in [-0.2, 0) is 0 Å². The topological polar surface area (TPSA) is 75.9 Å². The molecule has 0 saturated carbocycles. The summed E-state index contributed by atoms with van der Waals surface area (Å²) in [5.41, 5.74) is 3.45. The van der Waals surface area contributed by atoms with Crippen LogP contribution in [0.4, 0.5) is 17.3 Å². The summed E-state index contributed by atoms with van der Waals surface area (Å²) < 4.78 is 0. The molecule has 5 nitrogen and oxygen atoms in total. The van der Waals surface area contributed by atoms with Crippen molar-refractivity contribution in [3.05, 3.63) is 36.7 Å². The molecule has 17 heavy (non-hydrogen) atoms. The smallest absolute Gasteiger partial charge is 0.145 e. The lowest BCUT2D eigenvalue weighted by Gasteiger charge is -2.07. The molecule has 4 N–H and O–H groups in total. The molecule has 88 valence electrons. The fourth-order valence-electron chi connectivity index (χ4n) is 1.33. The van der Waals surface area contributed by atoms with Crippen LogP contribution < -0.4 is 16.6 Å². The molecular weight excluding hydrogens is 234 g/mol. The van der Waals surface area contributed by atoms with Gasteiger partial charge in [0.15, 0.2) is 0 Å². The Morgan fingerprint density at radius 3 is 2.47 bits per heavy atom. The molecule has 0 bridgehead atoms. The van der Waals surface area contributed by atoms with Crippen LogP contribution >= 0.6 is 11.8 Å². The molecule has 0 aliphatic rings. The highest BCUT2D eigenvalue weighted by Crippen LogP contribution is 2.20. The second-order valence-electron chi connectivity index (χ2n) is 3.29. The summed E-state index contributed by atoms with van der Waals surface area (Å²) in [5.74, 6) is 6.55. The van der Waals surface area contributed by atoms with Gasteiger partial charge in [0.1, 0.15) is 18.0 Å². The highest BCUT2D eigenvalue weighted by Gasteiger charge is 1.98. The van der Waals surface area contributed by atoms with E-state index in [0.29, 0.717) is 11.6 Å². The van der Waals surface area contributed by atoms with Gasteiger partial charge in [0, 0.05) is 16.6 Å². The Bertz CT molecular complexity index is 485. The van der Waals surface area contributed by atoms with Gasteiger partial charge in [-0.25, -0.2) is 15.8 Å². The molecular formula is C11H13N5S. The van der Waals surface area contributed by atoms with Crippen LogP contribution in [0, 0.1) is 0 Å². The quantitative estimate of drug-likeness (QED) is 0.437. The van der Waals surface area contributed by atoms with Gasteiger partial charge < -0.3 is 10.7 Å². The molecule has 0 fully saturated rings. The van der Waals surface area contributed by atoms with Crippen LogP contribution in [0.25, 0.3) is 0 Å². The van der Waals surface area contributed by atoms with E-state index in [4.69, 9.17) is 5.84 Å². The molecule has 0 radical (unpaired) electrons. The fraction of sp³-hybridized carbons (Fsp3) is 0.0909. The maximum Gasteiger partial charge on any atom is 0.145 e. The number of hydrazine groups is 1. The largest absolute Gasteiger partial charge is 0.340 e. The fourth-order valence-corrected chi connectivity index (χ4v) is 1.74. The van der Waals surface area contributed by atoms with E-state index in [1.165, 1.54) is 11.2 Å². The van der Waals surface area contributed by atoms with Gasteiger partial charge in [0.2, 0.25) is 0 Å². The standard InChI is InChI=1S/C11H13N5S/c1-17-9-4-2-8(3-5-9)15-10-6-11(16-12)14-7-13-10/h2-7H,12H2,1H3,(H2,13,14,15,16). The van der Waals surface area contributed by atoms with Crippen molar-refractivity contribution >= 4 is 29.1 Å². The molecule has 0 saturated heterocycles. The Morgan fingerprint density at radius 1 is 1.12 bits per heavy atom. The number of benzene rings is 1. The minimum Gasteiger partial charge on any atom is -0.340 e. The van der Waals surface area contributed by atoms with Gasteiger partial charge in [-0.15, -0.1) is 11.8 Å². The molecule has 0 amide bonds. The average Bonchev–Trinajstić information content (AvgIpc) is 2.40. The third-order valence-electron chi connectivity index (χ3n) is 2.18. The van der Waals surface area contributed by atoms with Crippen molar-refractivity contribution in [3.63, 3.8) is 0 Å². The SMILES string of the molecule is CSc1ccc(Nc2cc(NN)ncn2)cc1. The molecule has 1 aromatic heterocycles. The second-order valence-corrected chi connectivity index (χ2v) is 4.17. The van der Waals surface area contributed by atoms with E-state index in [1.807, 2.05) is 18.4 Å². The molecule has 0 unspecified atom stereocenters. The van der Waals surface area contributed by atoms with E-state index >= 15 is 0 Å². The van der Waals surface area contributed by atoms with Gasteiger partial charge in [0.25, 0.3) is 0 Å². The van der Waals surface area contributed by atoms with Crippen molar-refractivity contribution in [3.8, 4) is 0 Å². The van der Waals surface area contributed by atoms with Gasteiger partial charge in [-0.3, -0.25) is 0 Å². The Kier molecular flexibility index (Phi) is 3.79. The summed E-state index contributed by atoms with van der Waals surface area (Å²) >= 11 is 1.71. The van der Waals surface area contributed by atoms with Gasteiger partial charge in [-0.1, -0.05) is 0 Å². The van der Waals surface area contributed by atoms with Crippen molar-refractivity contribution in [2.24, 2.45) is 5.84 Å². The first-order valence-corrected chi connectivity index (χ1v) is 6.24. The number of anilines is 3. The molecule has 0 aliphatic carbocycles. The molecule has 2 rings (SSSR count). The summed E-state index contributed by atoms with van der Waals surface area (Å²) in [7, 11) is 0. The average molecular weight is 247 g/mol. The first-order valence-electron chi connectivity index (χ1n) is 5.01. The van der Waals surface area contributed by atoms with E-state index in [2.05, 4.69) is 32.8 Å². The van der Waals surface area contributed by atoms with Crippen molar-refractivity contribution in [1.82, 2.24) is 9.97 Å². The first-order chi connectivity index (χ1) is 8.31. The second kappa shape index (κ2) is 5.51. The van der Waals surface area contributed by atoms with E-state index in [9.17, 15) is 0 Å². The molecule has 2 aromatic rings. The van der Waals surface area contributed by atoms with Crippen molar-refractivity contribution in [2.75, 3.05) is 17.0 Å². The predicted octanol–water partition coefficient (Wildman–Crippen LogP) is 2.23. The summed E-state index contributed by atoms with van der Waals surface area (Å²) in [5, 5.41) is 3.17. The van der Waals surface area contributed by atoms with Crippen molar-refractivity contribution in [1.29, 1.82) is 0 Å². The van der Waals surface area contributed by atoms with Crippen LogP contribution in [0.5, 0.6) is 0 Å².